The van der Waals surface area contributed by atoms with E-state index in [0.29, 0.717) is 5.92 Å². The van der Waals surface area contributed by atoms with Crippen LogP contribution in [0.4, 0.5) is 0 Å². The summed E-state index contributed by atoms with van der Waals surface area (Å²) in [4.78, 5) is 4.75. The van der Waals surface area contributed by atoms with Gasteiger partial charge in [0.2, 0.25) is 0 Å². The summed E-state index contributed by atoms with van der Waals surface area (Å²) in [6.45, 7) is 6.39. The first-order valence-electron chi connectivity index (χ1n) is 6.54. The quantitative estimate of drug-likeness (QED) is 0.724. The van der Waals surface area contributed by atoms with Gasteiger partial charge in [0.15, 0.2) is 11.5 Å². The SMILES string of the molecule is Cc1cc(C)c2oc(C3CCCC3)nc2c1C. The molecule has 0 amide bonds. The number of nitrogens with zero attached hydrogens (tertiary/aromatic N) is 1. The number of hydrogen-bond donors (Lipinski definition) is 0. The number of benzene rings is 1. The van der Waals surface area contributed by atoms with Crippen molar-refractivity contribution >= 4 is 11.1 Å². The summed E-state index contributed by atoms with van der Waals surface area (Å²) >= 11 is 0. The molecule has 1 aliphatic rings. The number of hydrogen-bond acceptors (Lipinski definition) is 2. The Labute approximate surface area is 102 Å². The summed E-state index contributed by atoms with van der Waals surface area (Å²) in [6.07, 6.45) is 5.12. The molecule has 1 aliphatic carbocycles. The van der Waals surface area contributed by atoms with Crippen LogP contribution in [0.5, 0.6) is 0 Å². The van der Waals surface area contributed by atoms with Crippen LogP contribution in [-0.4, -0.2) is 4.98 Å². The van der Waals surface area contributed by atoms with Crippen molar-refractivity contribution in [1.82, 2.24) is 4.98 Å². The van der Waals surface area contributed by atoms with E-state index in [1.54, 1.807) is 0 Å². The Kier molecular flexibility index (Phi) is 2.46. The molecule has 0 unspecified atom stereocenters. The van der Waals surface area contributed by atoms with Crippen LogP contribution in [0.2, 0.25) is 0 Å². The molecule has 3 rings (SSSR count). The molecule has 2 aromatic rings. The Morgan fingerprint density at radius 1 is 1.12 bits per heavy atom. The molecular formula is C15H19NO. The van der Waals surface area contributed by atoms with Gasteiger partial charge in [-0.25, -0.2) is 4.98 Å². The Morgan fingerprint density at radius 2 is 1.82 bits per heavy atom. The molecule has 2 heteroatoms. The first-order valence-corrected chi connectivity index (χ1v) is 6.54. The summed E-state index contributed by atoms with van der Waals surface area (Å²) < 4.78 is 6.01. The Balaban J connectivity index is 2.17. The van der Waals surface area contributed by atoms with Gasteiger partial charge in [-0.2, -0.15) is 0 Å². The maximum Gasteiger partial charge on any atom is 0.198 e. The highest BCUT2D eigenvalue weighted by Gasteiger charge is 2.23. The molecule has 0 aliphatic heterocycles. The Bertz CT molecular complexity index is 562. The fourth-order valence-electron chi connectivity index (χ4n) is 2.89. The lowest BCUT2D eigenvalue weighted by atomic mass is 10.1. The second kappa shape index (κ2) is 3.86. The lowest BCUT2D eigenvalue weighted by Crippen LogP contribution is -1.91. The van der Waals surface area contributed by atoms with Crippen LogP contribution in [0.3, 0.4) is 0 Å². The van der Waals surface area contributed by atoms with E-state index in [1.807, 2.05) is 0 Å². The molecule has 0 spiro atoms. The number of aromatic nitrogens is 1. The van der Waals surface area contributed by atoms with Crippen LogP contribution in [-0.2, 0) is 0 Å². The number of rotatable bonds is 1. The van der Waals surface area contributed by atoms with Gasteiger partial charge in [0.1, 0.15) is 5.52 Å². The van der Waals surface area contributed by atoms with Crippen LogP contribution in [0, 0.1) is 20.8 Å². The predicted molar refractivity (Wildman–Crippen MR) is 69.4 cm³/mol. The monoisotopic (exact) mass is 229 g/mol. The summed E-state index contributed by atoms with van der Waals surface area (Å²) in [5, 5.41) is 0. The molecule has 90 valence electrons. The summed E-state index contributed by atoms with van der Waals surface area (Å²) in [6, 6.07) is 2.20. The highest BCUT2D eigenvalue weighted by Crippen LogP contribution is 2.36. The van der Waals surface area contributed by atoms with Crippen LogP contribution in [0.1, 0.15) is 54.2 Å². The molecule has 1 aromatic heterocycles. The summed E-state index contributed by atoms with van der Waals surface area (Å²) in [5.41, 5.74) is 5.85. The first kappa shape index (κ1) is 10.8. The number of oxazole rings is 1. The molecule has 0 atom stereocenters. The van der Waals surface area contributed by atoms with Crippen LogP contribution >= 0.6 is 0 Å². The van der Waals surface area contributed by atoms with Gasteiger partial charge in [-0.05, 0) is 50.3 Å². The Morgan fingerprint density at radius 3 is 2.53 bits per heavy atom. The lowest BCUT2D eigenvalue weighted by Gasteiger charge is -2.01. The van der Waals surface area contributed by atoms with Crippen molar-refractivity contribution in [1.29, 1.82) is 0 Å². The van der Waals surface area contributed by atoms with Gasteiger partial charge >= 0.3 is 0 Å². The normalized spacial score (nSPS) is 17.1. The van der Waals surface area contributed by atoms with E-state index in [0.717, 1.165) is 17.0 Å². The third-order valence-corrected chi connectivity index (χ3v) is 4.09. The third-order valence-electron chi connectivity index (χ3n) is 4.09. The van der Waals surface area contributed by atoms with Crippen molar-refractivity contribution in [3.8, 4) is 0 Å². The van der Waals surface area contributed by atoms with E-state index in [4.69, 9.17) is 9.40 Å². The average molecular weight is 229 g/mol. The van der Waals surface area contributed by atoms with Crippen molar-refractivity contribution in [2.45, 2.75) is 52.4 Å². The maximum absolute atomic E-state index is 6.01. The first-order chi connectivity index (χ1) is 8.16. The van der Waals surface area contributed by atoms with Crippen molar-refractivity contribution in [2.75, 3.05) is 0 Å². The van der Waals surface area contributed by atoms with E-state index in [9.17, 15) is 0 Å². The van der Waals surface area contributed by atoms with E-state index in [2.05, 4.69) is 26.8 Å². The van der Waals surface area contributed by atoms with Crippen LogP contribution < -0.4 is 0 Å². The molecule has 1 aromatic carbocycles. The maximum atomic E-state index is 6.01. The fourth-order valence-corrected chi connectivity index (χ4v) is 2.89. The topological polar surface area (TPSA) is 26.0 Å². The third kappa shape index (κ3) is 1.67. The van der Waals surface area contributed by atoms with E-state index in [-0.39, 0.29) is 0 Å². The summed E-state index contributed by atoms with van der Waals surface area (Å²) in [5.74, 6) is 1.52. The molecule has 0 radical (unpaired) electrons. The minimum absolute atomic E-state index is 0.557. The molecule has 1 saturated carbocycles. The van der Waals surface area contributed by atoms with Gasteiger partial charge in [-0.1, -0.05) is 18.9 Å². The van der Waals surface area contributed by atoms with Crippen molar-refractivity contribution in [2.24, 2.45) is 0 Å². The molecule has 0 N–H and O–H groups in total. The van der Waals surface area contributed by atoms with Gasteiger partial charge in [0.05, 0.1) is 0 Å². The van der Waals surface area contributed by atoms with Crippen LogP contribution in [0.25, 0.3) is 11.1 Å². The van der Waals surface area contributed by atoms with Gasteiger partial charge in [0, 0.05) is 5.92 Å². The largest absolute Gasteiger partial charge is 0.440 e. The highest BCUT2D eigenvalue weighted by atomic mass is 16.3. The van der Waals surface area contributed by atoms with Gasteiger partial charge in [0.25, 0.3) is 0 Å². The summed E-state index contributed by atoms with van der Waals surface area (Å²) in [7, 11) is 0. The van der Waals surface area contributed by atoms with Crippen molar-refractivity contribution < 1.29 is 4.42 Å². The van der Waals surface area contributed by atoms with Gasteiger partial charge in [-0.3, -0.25) is 0 Å². The number of fused-ring (bicyclic) bond motifs is 1. The minimum atomic E-state index is 0.557. The molecule has 0 bridgehead atoms. The zero-order valence-corrected chi connectivity index (χ0v) is 10.8. The molecular weight excluding hydrogens is 210 g/mol. The smallest absolute Gasteiger partial charge is 0.198 e. The highest BCUT2D eigenvalue weighted by molar-refractivity contribution is 5.81. The zero-order chi connectivity index (χ0) is 12.0. The molecule has 1 heterocycles. The second-order valence-electron chi connectivity index (χ2n) is 5.35. The zero-order valence-electron chi connectivity index (χ0n) is 10.8. The molecule has 1 fully saturated rings. The van der Waals surface area contributed by atoms with Crippen molar-refractivity contribution in [3.63, 3.8) is 0 Å². The lowest BCUT2D eigenvalue weighted by molar-refractivity contribution is 0.473. The predicted octanol–water partition coefficient (Wildman–Crippen LogP) is 4.41. The second-order valence-corrected chi connectivity index (χ2v) is 5.35. The average Bonchev–Trinajstić information content (AvgIpc) is 2.94. The minimum Gasteiger partial charge on any atom is -0.440 e. The van der Waals surface area contributed by atoms with Crippen molar-refractivity contribution in [3.05, 3.63) is 28.6 Å². The fraction of sp³-hybridized carbons (Fsp3) is 0.533. The van der Waals surface area contributed by atoms with Gasteiger partial charge in [-0.15, -0.1) is 0 Å². The Hall–Kier alpha value is -1.31. The standard InChI is InChI=1S/C15H19NO/c1-9-8-10(2)14-13(11(9)3)16-15(17-14)12-6-4-5-7-12/h8,12H,4-7H2,1-3H3. The van der Waals surface area contributed by atoms with Crippen LogP contribution in [0.15, 0.2) is 10.5 Å². The van der Waals surface area contributed by atoms with E-state index in [1.165, 1.54) is 42.4 Å². The molecule has 0 saturated heterocycles. The molecule has 2 nitrogen and oxygen atoms in total. The van der Waals surface area contributed by atoms with E-state index >= 15 is 0 Å². The number of aryl methyl sites for hydroxylation is 3. The van der Waals surface area contributed by atoms with Gasteiger partial charge < -0.3 is 4.42 Å². The van der Waals surface area contributed by atoms with E-state index < -0.39 is 0 Å². The molecule has 17 heavy (non-hydrogen) atoms.